The van der Waals surface area contributed by atoms with Crippen LogP contribution in [0.25, 0.3) is 0 Å². The lowest BCUT2D eigenvalue weighted by molar-refractivity contribution is 0.245. The molecular formula is C4H7Br3O. The number of hydrogen-bond acceptors (Lipinski definition) is 1. The van der Waals surface area contributed by atoms with Crippen molar-refractivity contribution in [3.63, 3.8) is 0 Å². The van der Waals surface area contributed by atoms with Crippen LogP contribution in [0.2, 0.25) is 0 Å². The van der Waals surface area contributed by atoms with E-state index >= 15 is 0 Å². The average Bonchev–Trinajstić information content (AvgIpc) is 1.62. The van der Waals surface area contributed by atoms with Gasteiger partial charge in [0.1, 0.15) is 2.14 Å². The summed E-state index contributed by atoms with van der Waals surface area (Å²) in [7, 11) is 0. The predicted octanol–water partition coefficient (Wildman–Crippen LogP) is 2.45. The zero-order valence-corrected chi connectivity index (χ0v) is 9.12. The van der Waals surface area contributed by atoms with Crippen LogP contribution in [0.4, 0.5) is 0 Å². The van der Waals surface area contributed by atoms with Crippen LogP contribution in [0.5, 0.6) is 0 Å². The summed E-state index contributed by atoms with van der Waals surface area (Å²) < 4.78 is -0.304. The van der Waals surface area contributed by atoms with E-state index in [1.54, 1.807) is 0 Å². The molecule has 0 saturated carbocycles. The first-order chi connectivity index (χ1) is 3.48. The topological polar surface area (TPSA) is 20.2 Å². The Balaban J connectivity index is 3.62. The highest BCUT2D eigenvalue weighted by atomic mass is 80.0. The van der Waals surface area contributed by atoms with Crippen LogP contribution in [-0.2, 0) is 0 Å². The zero-order chi connectivity index (χ0) is 6.78. The third kappa shape index (κ3) is 3.43. The minimum Gasteiger partial charge on any atom is -0.396 e. The predicted molar refractivity (Wildman–Crippen MR) is 45.8 cm³/mol. The van der Waals surface area contributed by atoms with Crippen LogP contribution < -0.4 is 0 Å². The Kier molecular flexibility index (Phi) is 4.16. The normalized spacial score (nSPS) is 16.1. The summed E-state index contributed by atoms with van der Waals surface area (Å²) in [5, 5.41) is 8.58. The van der Waals surface area contributed by atoms with E-state index < -0.39 is 0 Å². The van der Waals surface area contributed by atoms with Gasteiger partial charge in [0.25, 0.3) is 0 Å². The molecule has 0 amide bonds. The van der Waals surface area contributed by atoms with Gasteiger partial charge in [0.05, 0.1) is 0 Å². The maximum atomic E-state index is 8.58. The molecular weight excluding hydrogens is 304 g/mol. The Labute approximate surface area is 74.2 Å². The van der Waals surface area contributed by atoms with Crippen LogP contribution in [0.1, 0.15) is 6.92 Å². The fourth-order valence-electron chi connectivity index (χ4n) is 0.104. The fourth-order valence-corrected chi connectivity index (χ4v) is 0.538. The molecule has 50 valence electrons. The molecule has 0 aromatic rings. The van der Waals surface area contributed by atoms with Gasteiger partial charge in [-0.1, -0.05) is 54.7 Å². The standard InChI is InChI=1S/C4H7Br3O/c1-3(2-8)4(5,6)7/h3,8H,2H2,1H3. The van der Waals surface area contributed by atoms with Crippen molar-refractivity contribution in [2.45, 2.75) is 9.07 Å². The molecule has 1 unspecified atom stereocenters. The van der Waals surface area contributed by atoms with Crippen molar-refractivity contribution in [1.82, 2.24) is 0 Å². The first-order valence-electron chi connectivity index (χ1n) is 2.16. The monoisotopic (exact) mass is 308 g/mol. The number of halogens is 3. The molecule has 0 aromatic heterocycles. The summed E-state index contributed by atoms with van der Waals surface area (Å²) in [6, 6.07) is 0. The van der Waals surface area contributed by atoms with E-state index in [1.807, 2.05) is 6.92 Å². The molecule has 0 aliphatic heterocycles. The minimum absolute atomic E-state index is 0.155. The van der Waals surface area contributed by atoms with E-state index in [-0.39, 0.29) is 14.7 Å². The Morgan fingerprint density at radius 2 is 1.88 bits per heavy atom. The van der Waals surface area contributed by atoms with Crippen molar-refractivity contribution in [1.29, 1.82) is 0 Å². The van der Waals surface area contributed by atoms with Gasteiger partial charge in [-0.15, -0.1) is 0 Å². The van der Waals surface area contributed by atoms with Crippen molar-refractivity contribution in [2.75, 3.05) is 6.61 Å². The summed E-state index contributed by atoms with van der Waals surface area (Å²) >= 11 is 9.83. The van der Waals surface area contributed by atoms with E-state index in [0.29, 0.717) is 0 Å². The molecule has 0 bridgehead atoms. The second-order valence-electron chi connectivity index (χ2n) is 1.63. The number of alkyl halides is 3. The molecule has 8 heavy (non-hydrogen) atoms. The molecule has 4 heteroatoms. The highest BCUT2D eigenvalue weighted by Gasteiger charge is 2.25. The molecule has 0 saturated heterocycles. The Bertz CT molecular complexity index is 68.2. The molecule has 0 radical (unpaired) electrons. The molecule has 0 fully saturated rings. The number of hydrogen-bond donors (Lipinski definition) is 1. The Morgan fingerprint density at radius 1 is 1.50 bits per heavy atom. The molecule has 0 aromatic carbocycles. The van der Waals surface area contributed by atoms with Gasteiger partial charge in [-0.2, -0.15) is 0 Å². The van der Waals surface area contributed by atoms with Gasteiger partial charge in [-0.3, -0.25) is 0 Å². The van der Waals surface area contributed by atoms with Crippen molar-refractivity contribution in [3.05, 3.63) is 0 Å². The molecule has 0 rings (SSSR count). The van der Waals surface area contributed by atoms with Gasteiger partial charge >= 0.3 is 0 Å². The van der Waals surface area contributed by atoms with E-state index in [4.69, 9.17) is 5.11 Å². The SMILES string of the molecule is CC(CO)C(Br)(Br)Br. The largest absolute Gasteiger partial charge is 0.396 e. The Hall–Kier alpha value is 1.40. The first kappa shape index (κ1) is 9.40. The quantitative estimate of drug-likeness (QED) is 0.738. The highest BCUT2D eigenvalue weighted by Crippen LogP contribution is 2.40. The number of aliphatic hydroxyl groups is 1. The van der Waals surface area contributed by atoms with Crippen LogP contribution in [0.15, 0.2) is 0 Å². The molecule has 1 N–H and O–H groups in total. The minimum atomic E-state index is -0.304. The lowest BCUT2D eigenvalue weighted by Crippen LogP contribution is -2.17. The third-order valence-corrected chi connectivity index (χ3v) is 3.18. The molecule has 1 atom stereocenters. The first-order valence-corrected chi connectivity index (χ1v) is 4.54. The van der Waals surface area contributed by atoms with Crippen LogP contribution in [0.3, 0.4) is 0 Å². The summed E-state index contributed by atoms with van der Waals surface area (Å²) in [4.78, 5) is 0. The van der Waals surface area contributed by atoms with Crippen LogP contribution in [-0.4, -0.2) is 13.9 Å². The molecule has 0 heterocycles. The molecule has 0 aliphatic rings. The van der Waals surface area contributed by atoms with Gasteiger partial charge in [0, 0.05) is 12.5 Å². The lowest BCUT2D eigenvalue weighted by atomic mass is 10.2. The van der Waals surface area contributed by atoms with Gasteiger partial charge in [-0.25, -0.2) is 0 Å². The second kappa shape index (κ2) is 3.54. The van der Waals surface area contributed by atoms with Crippen molar-refractivity contribution in [3.8, 4) is 0 Å². The van der Waals surface area contributed by atoms with E-state index in [0.717, 1.165) is 0 Å². The van der Waals surface area contributed by atoms with Crippen molar-refractivity contribution < 1.29 is 5.11 Å². The summed E-state index contributed by atoms with van der Waals surface area (Å²) in [6.45, 7) is 2.07. The van der Waals surface area contributed by atoms with E-state index in [1.165, 1.54) is 0 Å². The summed E-state index contributed by atoms with van der Waals surface area (Å²) in [6.07, 6.45) is 0. The molecule has 0 aliphatic carbocycles. The van der Waals surface area contributed by atoms with Gasteiger partial charge in [0.2, 0.25) is 0 Å². The summed E-state index contributed by atoms with van der Waals surface area (Å²) in [5.41, 5.74) is 0. The summed E-state index contributed by atoms with van der Waals surface area (Å²) in [5.74, 6) is 0.155. The molecule has 0 spiro atoms. The maximum absolute atomic E-state index is 8.58. The average molecular weight is 311 g/mol. The van der Waals surface area contributed by atoms with Gasteiger partial charge in [-0.05, 0) is 0 Å². The fraction of sp³-hybridized carbons (Fsp3) is 1.00. The Morgan fingerprint density at radius 3 is 1.88 bits per heavy atom. The number of aliphatic hydroxyl groups excluding tert-OH is 1. The van der Waals surface area contributed by atoms with Gasteiger partial charge in [0.15, 0.2) is 0 Å². The third-order valence-electron chi connectivity index (χ3n) is 0.833. The maximum Gasteiger partial charge on any atom is 0.139 e. The zero-order valence-electron chi connectivity index (χ0n) is 4.37. The van der Waals surface area contributed by atoms with Crippen molar-refractivity contribution >= 4 is 47.8 Å². The van der Waals surface area contributed by atoms with E-state index in [2.05, 4.69) is 47.8 Å². The number of rotatable bonds is 1. The van der Waals surface area contributed by atoms with Gasteiger partial charge < -0.3 is 5.11 Å². The molecule has 1 nitrogen and oxygen atoms in total. The highest BCUT2D eigenvalue weighted by molar-refractivity contribution is 9.39. The smallest absolute Gasteiger partial charge is 0.139 e. The van der Waals surface area contributed by atoms with Crippen LogP contribution in [0, 0.1) is 5.92 Å². The second-order valence-corrected chi connectivity index (χ2v) is 8.57. The van der Waals surface area contributed by atoms with Crippen molar-refractivity contribution in [2.24, 2.45) is 5.92 Å². The van der Waals surface area contributed by atoms with Crippen LogP contribution >= 0.6 is 47.8 Å². The lowest BCUT2D eigenvalue weighted by Gasteiger charge is -2.17. The van der Waals surface area contributed by atoms with E-state index in [9.17, 15) is 0 Å².